The van der Waals surface area contributed by atoms with E-state index in [1.807, 2.05) is 5.48 Å². The third kappa shape index (κ3) is 2.21. The molecule has 2 rings (SSSR count). The van der Waals surface area contributed by atoms with Gasteiger partial charge in [0.25, 0.3) is 5.91 Å². The molecule has 0 saturated carbocycles. The van der Waals surface area contributed by atoms with Crippen LogP contribution in [0.4, 0.5) is 0 Å². The van der Waals surface area contributed by atoms with Crippen molar-refractivity contribution in [3.8, 4) is 0 Å². The van der Waals surface area contributed by atoms with Crippen LogP contribution in [0.3, 0.4) is 0 Å². The molecule has 8 heteroatoms. The van der Waals surface area contributed by atoms with Crippen LogP contribution in [0.2, 0.25) is 0 Å². The average Bonchev–Trinajstić information content (AvgIpc) is 2.63. The number of likely N-dealkylation sites (N-methyl/N-ethyl adjacent to an activating group) is 1. The van der Waals surface area contributed by atoms with Crippen molar-refractivity contribution in [1.82, 2.24) is 10.5 Å². The Hall–Kier alpha value is -1.77. The monoisotopic (exact) mass is 297 g/mol. The molecule has 1 aromatic rings. The standard InChI is InChI=1S/C12H15N3O4S/c1-12(14-17)10(13-15(2)11(12)16)8-4-6-9(7-5-8)20(3,18)19/h4-7,14,17H,1-3H3. The SMILES string of the molecule is CN1N=C(c2ccc(S(C)(=O)=O)cc2)C(C)(NO)C1=O. The largest absolute Gasteiger partial charge is 0.315 e. The minimum atomic E-state index is -3.28. The predicted molar refractivity (Wildman–Crippen MR) is 72.2 cm³/mol. The van der Waals surface area contributed by atoms with Gasteiger partial charge in [-0.2, -0.15) is 10.6 Å². The normalized spacial score (nSPS) is 23.1. The van der Waals surface area contributed by atoms with Crippen molar-refractivity contribution in [2.24, 2.45) is 5.10 Å². The van der Waals surface area contributed by atoms with E-state index in [0.717, 1.165) is 11.3 Å². The number of rotatable bonds is 3. The second-order valence-electron chi connectivity index (χ2n) is 4.81. The number of nitrogens with one attached hydrogen (secondary N) is 1. The smallest absolute Gasteiger partial charge is 0.270 e. The number of carbonyl (C=O) groups excluding carboxylic acids is 1. The van der Waals surface area contributed by atoms with Gasteiger partial charge in [-0.1, -0.05) is 12.1 Å². The topological polar surface area (TPSA) is 99.1 Å². The molecular weight excluding hydrogens is 282 g/mol. The zero-order valence-corrected chi connectivity index (χ0v) is 12.1. The second-order valence-corrected chi connectivity index (χ2v) is 6.83. The maximum atomic E-state index is 12.0. The molecule has 1 unspecified atom stereocenters. The van der Waals surface area contributed by atoms with E-state index in [0.29, 0.717) is 11.3 Å². The van der Waals surface area contributed by atoms with Crippen molar-refractivity contribution in [2.45, 2.75) is 17.4 Å². The van der Waals surface area contributed by atoms with Crippen LogP contribution >= 0.6 is 0 Å². The number of hydrogen-bond acceptors (Lipinski definition) is 6. The fraction of sp³-hybridized carbons (Fsp3) is 0.333. The van der Waals surface area contributed by atoms with E-state index >= 15 is 0 Å². The Bertz CT molecular complexity index is 681. The fourth-order valence-corrected chi connectivity index (χ4v) is 2.66. The molecule has 1 aliphatic heterocycles. The minimum Gasteiger partial charge on any atom is -0.315 e. The molecule has 0 saturated heterocycles. The van der Waals surface area contributed by atoms with Crippen LogP contribution in [0.5, 0.6) is 0 Å². The fourth-order valence-electron chi connectivity index (χ4n) is 2.03. The first-order valence-corrected chi connectivity index (χ1v) is 7.68. The first kappa shape index (κ1) is 14.6. The van der Waals surface area contributed by atoms with Crippen LogP contribution in [0, 0.1) is 0 Å². The van der Waals surface area contributed by atoms with Crippen LogP contribution in [-0.4, -0.2) is 49.1 Å². The van der Waals surface area contributed by atoms with Crippen molar-refractivity contribution in [3.63, 3.8) is 0 Å². The Morgan fingerprint density at radius 3 is 2.30 bits per heavy atom. The molecule has 2 N–H and O–H groups in total. The number of nitrogens with zero attached hydrogens (tertiary/aromatic N) is 2. The van der Waals surface area contributed by atoms with Gasteiger partial charge in [-0.15, -0.1) is 0 Å². The molecule has 1 aliphatic rings. The Morgan fingerprint density at radius 1 is 1.30 bits per heavy atom. The molecule has 0 radical (unpaired) electrons. The number of sulfone groups is 1. The first-order valence-electron chi connectivity index (χ1n) is 5.79. The summed E-state index contributed by atoms with van der Waals surface area (Å²) in [5.41, 5.74) is 1.51. The maximum absolute atomic E-state index is 12.0. The summed E-state index contributed by atoms with van der Waals surface area (Å²) in [6, 6.07) is 5.98. The third-order valence-corrected chi connectivity index (χ3v) is 4.35. The summed E-state index contributed by atoms with van der Waals surface area (Å²) in [6.45, 7) is 1.50. The van der Waals surface area contributed by atoms with Crippen molar-refractivity contribution in [3.05, 3.63) is 29.8 Å². The molecule has 1 aromatic carbocycles. The number of hydrazone groups is 1. The number of hydrogen-bond donors (Lipinski definition) is 2. The molecule has 108 valence electrons. The van der Waals surface area contributed by atoms with Gasteiger partial charge in [-0.3, -0.25) is 4.79 Å². The molecule has 0 bridgehead atoms. The van der Waals surface area contributed by atoms with E-state index in [9.17, 15) is 18.4 Å². The lowest BCUT2D eigenvalue weighted by Crippen LogP contribution is -2.53. The van der Waals surface area contributed by atoms with Crippen LogP contribution in [0.15, 0.2) is 34.3 Å². The number of carbonyl (C=O) groups is 1. The Kier molecular flexibility index (Phi) is 3.41. The van der Waals surface area contributed by atoms with Gasteiger partial charge in [0.1, 0.15) is 0 Å². The van der Waals surface area contributed by atoms with E-state index in [2.05, 4.69) is 5.10 Å². The third-order valence-electron chi connectivity index (χ3n) is 3.22. The lowest BCUT2D eigenvalue weighted by Gasteiger charge is -2.21. The summed E-state index contributed by atoms with van der Waals surface area (Å²) in [7, 11) is -1.80. The predicted octanol–water partition coefficient (Wildman–Crippen LogP) is 0.00370. The molecule has 0 aromatic heterocycles. The molecule has 1 heterocycles. The molecule has 0 spiro atoms. The van der Waals surface area contributed by atoms with Gasteiger partial charge in [0.05, 0.1) is 10.6 Å². The van der Waals surface area contributed by atoms with Crippen molar-refractivity contribution in [2.75, 3.05) is 13.3 Å². The van der Waals surface area contributed by atoms with E-state index in [-0.39, 0.29) is 4.90 Å². The molecule has 7 nitrogen and oxygen atoms in total. The highest BCUT2D eigenvalue weighted by molar-refractivity contribution is 7.90. The summed E-state index contributed by atoms with van der Waals surface area (Å²) >= 11 is 0. The van der Waals surface area contributed by atoms with Gasteiger partial charge >= 0.3 is 0 Å². The average molecular weight is 297 g/mol. The van der Waals surface area contributed by atoms with Crippen molar-refractivity contribution in [1.29, 1.82) is 0 Å². The second kappa shape index (κ2) is 4.65. The Labute approximate surface area is 116 Å². The van der Waals surface area contributed by atoms with Gasteiger partial charge in [0.2, 0.25) is 0 Å². The zero-order valence-electron chi connectivity index (χ0n) is 11.3. The van der Waals surface area contributed by atoms with E-state index in [1.54, 1.807) is 12.1 Å². The summed E-state index contributed by atoms with van der Waals surface area (Å²) in [4.78, 5) is 12.1. The molecule has 1 amide bonds. The lowest BCUT2D eigenvalue weighted by atomic mass is 9.91. The highest BCUT2D eigenvalue weighted by Crippen LogP contribution is 2.24. The lowest BCUT2D eigenvalue weighted by molar-refractivity contribution is -0.134. The summed E-state index contributed by atoms with van der Waals surface area (Å²) in [5, 5.41) is 14.5. The molecule has 0 aliphatic carbocycles. The molecule has 1 atom stereocenters. The van der Waals surface area contributed by atoms with E-state index in [4.69, 9.17) is 0 Å². The molecule has 0 fully saturated rings. The zero-order chi connectivity index (χ0) is 15.1. The van der Waals surface area contributed by atoms with Gasteiger partial charge in [-0.05, 0) is 19.1 Å². The molecular formula is C12H15N3O4S. The van der Waals surface area contributed by atoms with Gasteiger partial charge in [0.15, 0.2) is 15.4 Å². The van der Waals surface area contributed by atoms with Crippen LogP contribution < -0.4 is 5.48 Å². The highest BCUT2D eigenvalue weighted by Gasteiger charge is 2.46. The van der Waals surface area contributed by atoms with Gasteiger partial charge < -0.3 is 5.21 Å². The van der Waals surface area contributed by atoms with Gasteiger partial charge in [-0.25, -0.2) is 13.4 Å². The summed E-state index contributed by atoms with van der Waals surface area (Å²) in [6.07, 6.45) is 1.12. The van der Waals surface area contributed by atoms with E-state index in [1.165, 1.54) is 26.1 Å². The minimum absolute atomic E-state index is 0.179. The number of amides is 1. The van der Waals surface area contributed by atoms with Gasteiger partial charge in [0, 0.05) is 18.9 Å². The summed E-state index contributed by atoms with van der Waals surface area (Å²) < 4.78 is 22.8. The van der Waals surface area contributed by atoms with Crippen LogP contribution in [0.1, 0.15) is 12.5 Å². The Balaban J connectivity index is 2.47. The van der Waals surface area contributed by atoms with Crippen molar-refractivity contribution < 1.29 is 18.4 Å². The number of hydroxylamine groups is 1. The van der Waals surface area contributed by atoms with Crippen molar-refractivity contribution >= 4 is 21.5 Å². The highest BCUT2D eigenvalue weighted by atomic mass is 32.2. The maximum Gasteiger partial charge on any atom is 0.270 e. The molecule has 20 heavy (non-hydrogen) atoms. The first-order chi connectivity index (χ1) is 9.20. The quantitative estimate of drug-likeness (QED) is 0.765. The Morgan fingerprint density at radius 2 is 1.85 bits per heavy atom. The van der Waals surface area contributed by atoms with Crippen LogP contribution in [-0.2, 0) is 14.6 Å². The number of benzene rings is 1. The van der Waals surface area contributed by atoms with E-state index < -0.39 is 21.3 Å². The summed E-state index contributed by atoms with van der Waals surface area (Å²) in [5.74, 6) is -0.401. The van der Waals surface area contributed by atoms with Crippen LogP contribution in [0.25, 0.3) is 0 Å².